The van der Waals surface area contributed by atoms with Gasteiger partial charge in [0.25, 0.3) is 0 Å². The summed E-state index contributed by atoms with van der Waals surface area (Å²) in [4.78, 5) is 23.1. The van der Waals surface area contributed by atoms with Crippen LogP contribution >= 0.6 is 0 Å². The first kappa shape index (κ1) is 30.7. The van der Waals surface area contributed by atoms with Gasteiger partial charge < -0.3 is 19.8 Å². The molecule has 0 radical (unpaired) electrons. The lowest BCUT2D eigenvalue weighted by Gasteiger charge is -2.41. The van der Waals surface area contributed by atoms with Crippen LogP contribution in [0.5, 0.6) is 0 Å². The highest BCUT2D eigenvalue weighted by Crippen LogP contribution is 2.32. The van der Waals surface area contributed by atoms with E-state index in [-0.39, 0.29) is 0 Å². The van der Waals surface area contributed by atoms with Crippen molar-refractivity contribution >= 4 is 11.9 Å². The van der Waals surface area contributed by atoms with Crippen LogP contribution in [0.4, 0.5) is 26.3 Å². The zero-order chi connectivity index (χ0) is 26.8. The SMILES string of the molecule is CCN1C[C@@H]2[C@@H](OC)CCN(CCc3ccccc3)[C@@H]2C1.O=C(O)C(F)(F)F.O=C(O)C(F)(F)F. The smallest absolute Gasteiger partial charge is 0.475 e. The van der Waals surface area contributed by atoms with Crippen molar-refractivity contribution in [2.45, 2.75) is 44.3 Å². The van der Waals surface area contributed by atoms with Gasteiger partial charge >= 0.3 is 24.3 Å². The molecule has 200 valence electrons. The molecule has 2 saturated heterocycles. The van der Waals surface area contributed by atoms with Crippen molar-refractivity contribution in [2.24, 2.45) is 5.92 Å². The second-order valence-corrected chi connectivity index (χ2v) is 8.02. The topological polar surface area (TPSA) is 90.3 Å². The predicted molar refractivity (Wildman–Crippen MR) is 114 cm³/mol. The number of methoxy groups -OCH3 is 1. The highest BCUT2D eigenvalue weighted by atomic mass is 19.4. The number of carbonyl (C=O) groups is 2. The minimum absolute atomic E-state index is 0.458. The standard InChI is InChI=1S/C18H28N2O.2C2HF3O2/c1-3-19-13-16-17(14-19)20(12-10-18(16)21-2)11-9-15-7-5-4-6-8-15;2*3-2(4,5)1(6)7/h4-8,16-18H,3,9-14H2,1-2H3;2*(H,6,7)/t16-,17+,18-;;/m0../s1. The van der Waals surface area contributed by atoms with Crippen LogP contribution in [0.15, 0.2) is 30.3 Å². The number of aliphatic carboxylic acids is 2. The second kappa shape index (κ2) is 13.6. The number of piperidine rings is 1. The van der Waals surface area contributed by atoms with Gasteiger partial charge in [0.15, 0.2) is 0 Å². The Labute approximate surface area is 199 Å². The van der Waals surface area contributed by atoms with Crippen LogP contribution in [0.1, 0.15) is 18.9 Å². The van der Waals surface area contributed by atoms with Crippen LogP contribution in [-0.2, 0) is 20.7 Å². The number of halogens is 6. The number of benzene rings is 1. The number of fused-ring (bicyclic) bond motifs is 1. The fourth-order valence-electron chi connectivity index (χ4n) is 4.06. The molecule has 1 aromatic rings. The van der Waals surface area contributed by atoms with Crippen LogP contribution in [-0.4, -0.2) is 96.3 Å². The summed E-state index contributed by atoms with van der Waals surface area (Å²) in [6.07, 6.45) is -7.36. The van der Waals surface area contributed by atoms with E-state index < -0.39 is 24.3 Å². The van der Waals surface area contributed by atoms with Crippen molar-refractivity contribution in [3.63, 3.8) is 0 Å². The lowest BCUT2D eigenvalue weighted by Crippen LogP contribution is -2.51. The first-order chi connectivity index (χ1) is 16.2. The molecule has 0 bridgehead atoms. The molecule has 1 aromatic carbocycles. The molecule has 3 rings (SSSR count). The molecule has 35 heavy (non-hydrogen) atoms. The average molecular weight is 516 g/mol. The molecular weight excluding hydrogens is 486 g/mol. The normalized spacial score (nSPS) is 22.8. The Kier molecular flexibility index (Phi) is 11.9. The molecule has 2 heterocycles. The van der Waals surface area contributed by atoms with E-state index in [0.717, 1.165) is 13.0 Å². The lowest BCUT2D eigenvalue weighted by atomic mass is 9.88. The summed E-state index contributed by atoms with van der Waals surface area (Å²) in [6, 6.07) is 11.6. The van der Waals surface area contributed by atoms with Crippen molar-refractivity contribution < 1.29 is 50.9 Å². The molecule has 0 amide bonds. The minimum Gasteiger partial charge on any atom is -0.475 e. The van der Waals surface area contributed by atoms with Gasteiger partial charge in [-0.2, -0.15) is 26.3 Å². The Morgan fingerprint density at radius 2 is 1.51 bits per heavy atom. The maximum absolute atomic E-state index is 10.6. The number of ether oxygens (including phenoxy) is 1. The van der Waals surface area contributed by atoms with E-state index in [2.05, 4.69) is 47.1 Å². The predicted octanol–water partition coefficient (Wildman–Crippen LogP) is 3.54. The average Bonchev–Trinajstić information content (AvgIpc) is 3.22. The Balaban J connectivity index is 0.000000362. The van der Waals surface area contributed by atoms with Crippen LogP contribution in [0.25, 0.3) is 0 Å². The van der Waals surface area contributed by atoms with Crippen LogP contribution < -0.4 is 0 Å². The third-order valence-electron chi connectivity index (χ3n) is 5.82. The molecule has 13 heteroatoms. The Hall–Kier alpha value is -2.38. The van der Waals surface area contributed by atoms with E-state index in [0.29, 0.717) is 18.1 Å². The largest absolute Gasteiger partial charge is 0.490 e. The van der Waals surface area contributed by atoms with Gasteiger partial charge in [-0.1, -0.05) is 37.3 Å². The van der Waals surface area contributed by atoms with Crippen molar-refractivity contribution in [1.82, 2.24) is 9.80 Å². The molecule has 0 aliphatic carbocycles. The first-order valence-electron chi connectivity index (χ1n) is 10.8. The van der Waals surface area contributed by atoms with Crippen LogP contribution in [0.3, 0.4) is 0 Å². The zero-order valence-corrected chi connectivity index (χ0v) is 19.3. The van der Waals surface area contributed by atoms with Gasteiger partial charge in [0.05, 0.1) is 6.10 Å². The number of carboxylic acids is 2. The number of alkyl halides is 6. The van der Waals surface area contributed by atoms with Gasteiger partial charge in [0, 0.05) is 45.2 Å². The minimum atomic E-state index is -5.08. The van der Waals surface area contributed by atoms with Crippen molar-refractivity contribution in [1.29, 1.82) is 0 Å². The first-order valence-corrected chi connectivity index (χ1v) is 10.8. The van der Waals surface area contributed by atoms with E-state index in [1.54, 1.807) is 0 Å². The molecule has 7 nitrogen and oxygen atoms in total. The monoisotopic (exact) mass is 516 g/mol. The number of carboxylic acid groups (broad SMARTS) is 2. The lowest BCUT2D eigenvalue weighted by molar-refractivity contribution is -0.193. The van der Waals surface area contributed by atoms with Crippen LogP contribution in [0, 0.1) is 5.92 Å². The van der Waals surface area contributed by atoms with E-state index in [1.807, 2.05) is 7.11 Å². The summed E-state index contributed by atoms with van der Waals surface area (Å²) in [6.45, 7) is 8.23. The van der Waals surface area contributed by atoms with Gasteiger partial charge in [0.1, 0.15) is 0 Å². The molecule has 0 saturated carbocycles. The van der Waals surface area contributed by atoms with Gasteiger partial charge in [-0.3, -0.25) is 4.90 Å². The molecule has 2 fully saturated rings. The van der Waals surface area contributed by atoms with Gasteiger partial charge in [-0.05, 0) is 24.9 Å². The van der Waals surface area contributed by atoms with E-state index >= 15 is 0 Å². The van der Waals surface area contributed by atoms with Crippen molar-refractivity contribution in [2.75, 3.05) is 39.8 Å². The molecule has 2 aliphatic rings. The number of likely N-dealkylation sites (N-methyl/N-ethyl adjacent to an activating group) is 1. The number of likely N-dealkylation sites (tertiary alicyclic amines) is 2. The molecule has 0 spiro atoms. The van der Waals surface area contributed by atoms with Gasteiger partial charge in [-0.25, -0.2) is 9.59 Å². The third kappa shape index (κ3) is 10.4. The van der Waals surface area contributed by atoms with Crippen molar-refractivity contribution in [3.8, 4) is 0 Å². The van der Waals surface area contributed by atoms with E-state index in [9.17, 15) is 26.3 Å². The molecular formula is C22H30F6N2O5. The number of hydrogen-bond donors (Lipinski definition) is 2. The number of hydrogen-bond acceptors (Lipinski definition) is 5. The number of rotatable bonds is 5. The van der Waals surface area contributed by atoms with Gasteiger partial charge in [-0.15, -0.1) is 0 Å². The summed E-state index contributed by atoms with van der Waals surface area (Å²) in [7, 11) is 1.88. The summed E-state index contributed by atoms with van der Waals surface area (Å²) in [5.41, 5.74) is 1.45. The Morgan fingerprint density at radius 3 is 1.94 bits per heavy atom. The van der Waals surface area contributed by atoms with Gasteiger partial charge in [0.2, 0.25) is 0 Å². The summed E-state index contributed by atoms with van der Waals surface area (Å²) in [5, 5.41) is 14.2. The molecule has 2 aliphatic heterocycles. The molecule has 3 atom stereocenters. The summed E-state index contributed by atoms with van der Waals surface area (Å²) >= 11 is 0. The summed E-state index contributed by atoms with van der Waals surface area (Å²) in [5.74, 6) is -4.82. The van der Waals surface area contributed by atoms with Crippen LogP contribution in [0.2, 0.25) is 0 Å². The quantitative estimate of drug-likeness (QED) is 0.579. The Bertz CT molecular complexity index is 767. The molecule has 2 N–H and O–H groups in total. The fraction of sp³-hybridized carbons (Fsp3) is 0.636. The zero-order valence-electron chi connectivity index (χ0n) is 19.3. The molecule has 0 unspecified atom stereocenters. The highest BCUT2D eigenvalue weighted by Gasteiger charge is 2.43. The third-order valence-corrected chi connectivity index (χ3v) is 5.82. The maximum Gasteiger partial charge on any atom is 0.490 e. The highest BCUT2D eigenvalue weighted by molar-refractivity contribution is 5.73. The maximum atomic E-state index is 10.6. The molecule has 0 aromatic heterocycles. The number of nitrogens with zero attached hydrogens (tertiary/aromatic N) is 2. The Morgan fingerprint density at radius 1 is 1.00 bits per heavy atom. The van der Waals surface area contributed by atoms with Crippen molar-refractivity contribution in [3.05, 3.63) is 35.9 Å². The summed E-state index contributed by atoms with van der Waals surface area (Å²) < 4.78 is 69.2. The van der Waals surface area contributed by atoms with E-state index in [1.165, 1.54) is 38.2 Å². The van der Waals surface area contributed by atoms with E-state index in [4.69, 9.17) is 24.5 Å². The second-order valence-electron chi connectivity index (χ2n) is 8.02. The fourth-order valence-corrected chi connectivity index (χ4v) is 4.06.